The van der Waals surface area contributed by atoms with E-state index in [1.54, 1.807) is 18.3 Å². The molecule has 0 saturated carbocycles. The van der Waals surface area contributed by atoms with Gasteiger partial charge in [-0.1, -0.05) is 11.6 Å². The lowest BCUT2D eigenvalue weighted by molar-refractivity contribution is 0.327. The Morgan fingerprint density at radius 2 is 2.50 bits per heavy atom. The van der Waals surface area contributed by atoms with Crippen LogP contribution in [0.3, 0.4) is 0 Å². The van der Waals surface area contributed by atoms with Crippen molar-refractivity contribution in [1.29, 1.82) is 0 Å². The van der Waals surface area contributed by atoms with E-state index in [4.69, 9.17) is 16.3 Å². The molecule has 1 aromatic heterocycles. The minimum absolute atomic E-state index is 0.579. The molecule has 3 heteroatoms. The molecule has 2 nitrogen and oxygen atoms in total. The molecule has 0 saturated heterocycles. The average molecular weight is 158 g/mol. The SMILES string of the molecule is CCOc1cc(Cl)ccn1. The van der Waals surface area contributed by atoms with Crippen molar-refractivity contribution in [2.75, 3.05) is 6.61 Å². The Morgan fingerprint density at radius 1 is 1.70 bits per heavy atom. The second-order valence-corrected chi connectivity index (χ2v) is 2.18. The fraction of sp³-hybridized carbons (Fsp3) is 0.286. The highest BCUT2D eigenvalue weighted by Gasteiger charge is 1.92. The topological polar surface area (TPSA) is 22.1 Å². The van der Waals surface area contributed by atoms with Crippen molar-refractivity contribution in [1.82, 2.24) is 4.98 Å². The zero-order valence-electron chi connectivity index (χ0n) is 5.67. The Morgan fingerprint density at radius 3 is 3.10 bits per heavy atom. The highest BCUT2D eigenvalue weighted by Crippen LogP contribution is 2.13. The first-order chi connectivity index (χ1) is 4.83. The van der Waals surface area contributed by atoms with Gasteiger partial charge < -0.3 is 4.74 Å². The Hall–Kier alpha value is -0.760. The van der Waals surface area contributed by atoms with Gasteiger partial charge in [0, 0.05) is 17.3 Å². The average Bonchev–Trinajstić information content (AvgIpc) is 1.88. The highest BCUT2D eigenvalue weighted by molar-refractivity contribution is 6.30. The van der Waals surface area contributed by atoms with E-state index in [1.807, 2.05) is 6.92 Å². The molecule has 1 heterocycles. The first-order valence-electron chi connectivity index (χ1n) is 3.07. The van der Waals surface area contributed by atoms with Crippen LogP contribution in [0.1, 0.15) is 6.92 Å². The third kappa shape index (κ3) is 1.88. The molecule has 0 spiro atoms. The summed E-state index contributed by atoms with van der Waals surface area (Å²) in [4.78, 5) is 3.92. The van der Waals surface area contributed by atoms with Gasteiger partial charge in [0.2, 0.25) is 5.88 Å². The number of halogens is 1. The predicted octanol–water partition coefficient (Wildman–Crippen LogP) is 2.13. The van der Waals surface area contributed by atoms with Crippen molar-refractivity contribution >= 4 is 11.6 Å². The highest BCUT2D eigenvalue weighted by atomic mass is 35.5. The van der Waals surface area contributed by atoms with Crippen LogP contribution in [0.25, 0.3) is 0 Å². The maximum atomic E-state index is 5.66. The Bertz CT molecular complexity index is 215. The number of pyridine rings is 1. The maximum absolute atomic E-state index is 5.66. The molecule has 0 aromatic carbocycles. The summed E-state index contributed by atoms with van der Waals surface area (Å²) < 4.78 is 5.09. The van der Waals surface area contributed by atoms with E-state index in [-0.39, 0.29) is 0 Å². The van der Waals surface area contributed by atoms with E-state index in [9.17, 15) is 0 Å². The molecule has 0 fully saturated rings. The van der Waals surface area contributed by atoms with Crippen LogP contribution >= 0.6 is 11.6 Å². The van der Waals surface area contributed by atoms with Gasteiger partial charge in [-0.05, 0) is 13.0 Å². The van der Waals surface area contributed by atoms with E-state index in [0.29, 0.717) is 17.5 Å². The summed E-state index contributed by atoms with van der Waals surface area (Å²) in [5, 5.41) is 0.651. The van der Waals surface area contributed by atoms with Crippen LogP contribution in [0.2, 0.25) is 5.02 Å². The quantitative estimate of drug-likeness (QED) is 0.656. The summed E-state index contributed by atoms with van der Waals surface area (Å²) in [7, 11) is 0. The van der Waals surface area contributed by atoms with Crippen molar-refractivity contribution in [3.8, 4) is 5.88 Å². The lowest BCUT2D eigenvalue weighted by atomic mass is 10.5. The van der Waals surface area contributed by atoms with Gasteiger partial charge in [0.25, 0.3) is 0 Å². The van der Waals surface area contributed by atoms with Gasteiger partial charge in [0.05, 0.1) is 6.61 Å². The van der Waals surface area contributed by atoms with Gasteiger partial charge in [0.15, 0.2) is 0 Å². The van der Waals surface area contributed by atoms with Crippen molar-refractivity contribution < 1.29 is 4.74 Å². The fourth-order valence-electron chi connectivity index (χ4n) is 0.612. The van der Waals surface area contributed by atoms with Crippen molar-refractivity contribution in [2.24, 2.45) is 0 Å². The standard InChI is InChI=1S/C7H8ClNO/c1-2-10-7-5-6(8)3-4-9-7/h3-5H,2H2,1H3. The van der Waals surface area contributed by atoms with Gasteiger partial charge in [-0.25, -0.2) is 4.98 Å². The zero-order valence-corrected chi connectivity index (χ0v) is 6.43. The molecule has 0 atom stereocenters. The first kappa shape index (κ1) is 7.35. The molecule has 0 aliphatic rings. The molecular formula is C7H8ClNO. The summed E-state index contributed by atoms with van der Waals surface area (Å²) in [5.74, 6) is 0.579. The first-order valence-corrected chi connectivity index (χ1v) is 3.45. The third-order valence-electron chi connectivity index (χ3n) is 0.989. The summed E-state index contributed by atoms with van der Waals surface area (Å²) in [6.45, 7) is 2.52. The second kappa shape index (κ2) is 3.42. The van der Waals surface area contributed by atoms with Gasteiger partial charge >= 0.3 is 0 Å². The summed E-state index contributed by atoms with van der Waals surface area (Å²) in [5.41, 5.74) is 0. The Balaban J connectivity index is 2.75. The molecule has 0 aliphatic heterocycles. The van der Waals surface area contributed by atoms with E-state index >= 15 is 0 Å². The predicted molar refractivity (Wildman–Crippen MR) is 40.4 cm³/mol. The lowest BCUT2D eigenvalue weighted by Gasteiger charge is -1.99. The Kier molecular flexibility index (Phi) is 2.51. The maximum Gasteiger partial charge on any atom is 0.214 e. The molecule has 0 bridgehead atoms. The number of aromatic nitrogens is 1. The molecule has 0 amide bonds. The molecule has 54 valence electrons. The number of hydrogen-bond acceptors (Lipinski definition) is 2. The van der Waals surface area contributed by atoms with E-state index in [2.05, 4.69) is 4.98 Å². The molecule has 1 aromatic rings. The van der Waals surface area contributed by atoms with Crippen LogP contribution in [0.5, 0.6) is 5.88 Å². The van der Waals surface area contributed by atoms with Crippen LogP contribution in [0.15, 0.2) is 18.3 Å². The normalized spacial score (nSPS) is 9.40. The molecule has 0 aliphatic carbocycles. The van der Waals surface area contributed by atoms with Crippen LogP contribution in [0, 0.1) is 0 Å². The van der Waals surface area contributed by atoms with E-state index in [1.165, 1.54) is 0 Å². The molecule has 0 unspecified atom stereocenters. The third-order valence-corrected chi connectivity index (χ3v) is 1.22. The number of ether oxygens (including phenoxy) is 1. The van der Waals surface area contributed by atoms with Crippen LogP contribution in [-0.4, -0.2) is 11.6 Å². The molecule has 10 heavy (non-hydrogen) atoms. The van der Waals surface area contributed by atoms with Gasteiger partial charge in [-0.2, -0.15) is 0 Å². The summed E-state index contributed by atoms with van der Waals surface area (Å²) in [6, 6.07) is 3.40. The van der Waals surface area contributed by atoms with Crippen molar-refractivity contribution in [2.45, 2.75) is 6.92 Å². The zero-order chi connectivity index (χ0) is 7.40. The smallest absolute Gasteiger partial charge is 0.214 e. The van der Waals surface area contributed by atoms with E-state index < -0.39 is 0 Å². The summed E-state index contributed by atoms with van der Waals surface area (Å²) in [6.07, 6.45) is 1.62. The molecule has 1 rings (SSSR count). The Labute approximate surface area is 64.8 Å². The molecular weight excluding hydrogens is 150 g/mol. The lowest BCUT2D eigenvalue weighted by Crippen LogP contribution is -1.92. The summed E-state index contributed by atoms with van der Waals surface area (Å²) >= 11 is 5.66. The monoisotopic (exact) mass is 157 g/mol. The van der Waals surface area contributed by atoms with Crippen LogP contribution in [0.4, 0.5) is 0 Å². The second-order valence-electron chi connectivity index (χ2n) is 1.75. The van der Waals surface area contributed by atoms with Crippen molar-refractivity contribution in [3.05, 3.63) is 23.4 Å². The molecule has 0 radical (unpaired) electrons. The number of hydrogen-bond donors (Lipinski definition) is 0. The van der Waals surface area contributed by atoms with E-state index in [0.717, 1.165) is 0 Å². The largest absolute Gasteiger partial charge is 0.478 e. The van der Waals surface area contributed by atoms with Gasteiger partial charge in [-0.15, -0.1) is 0 Å². The number of rotatable bonds is 2. The minimum Gasteiger partial charge on any atom is -0.478 e. The minimum atomic E-state index is 0.579. The van der Waals surface area contributed by atoms with Gasteiger partial charge in [-0.3, -0.25) is 0 Å². The van der Waals surface area contributed by atoms with Crippen molar-refractivity contribution in [3.63, 3.8) is 0 Å². The van der Waals surface area contributed by atoms with Gasteiger partial charge in [0.1, 0.15) is 0 Å². The van der Waals surface area contributed by atoms with Crippen LogP contribution < -0.4 is 4.74 Å². The fourth-order valence-corrected chi connectivity index (χ4v) is 0.762. The van der Waals surface area contributed by atoms with Crippen LogP contribution in [-0.2, 0) is 0 Å². The molecule has 0 N–H and O–H groups in total. The number of nitrogens with zero attached hydrogens (tertiary/aromatic N) is 1.